The van der Waals surface area contributed by atoms with E-state index in [1.807, 2.05) is 12.1 Å². The van der Waals surface area contributed by atoms with E-state index in [9.17, 15) is 18.0 Å². The van der Waals surface area contributed by atoms with Crippen molar-refractivity contribution in [3.63, 3.8) is 0 Å². The zero-order chi connectivity index (χ0) is 25.7. The molecule has 36 heavy (non-hydrogen) atoms. The first-order chi connectivity index (χ1) is 17.3. The molecule has 1 unspecified atom stereocenters. The quantitative estimate of drug-likeness (QED) is 0.446. The Labute approximate surface area is 210 Å². The fourth-order valence-electron chi connectivity index (χ4n) is 5.26. The largest absolute Gasteiger partial charge is 0.497 e. The summed E-state index contributed by atoms with van der Waals surface area (Å²) in [6.45, 7) is 4.09. The Morgan fingerprint density at radius 2 is 1.64 bits per heavy atom. The van der Waals surface area contributed by atoms with E-state index < -0.39 is 17.5 Å². The van der Waals surface area contributed by atoms with Crippen LogP contribution in [0.15, 0.2) is 42.5 Å². The second kappa shape index (κ2) is 11.9. The van der Waals surface area contributed by atoms with Crippen molar-refractivity contribution in [2.45, 2.75) is 37.6 Å². The number of amides is 1. The lowest BCUT2D eigenvalue weighted by atomic mass is 9.87. The number of hydrogen-bond acceptors (Lipinski definition) is 4. The lowest BCUT2D eigenvalue weighted by Crippen LogP contribution is -2.48. The third-order valence-electron chi connectivity index (χ3n) is 7.53. The smallest absolute Gasteiger partial charge is 0.246 e. The third kappa shape index (κ3) is 6.48. The number of nitrogens with two attached hydrogens (primary N) is 1. The Kier molecular flexibility index (Phi) is 8.69. The van der Waals surface area contributed by atoms with Crippen LogP contribution in [-0.4, -0.2) is 61.6 Å². The molecular formula is C28H34F3N3O2. The Morgan fingerprint density at radius 3 is 2.22 bits per heavy atom. The van der Waals surface area contributed by atoms with Gasteiger partial charge in [-0.05, 0) is 92.1 Å². The molecule has 0 radical (unpaired) electrons. The van der Waals surface area contributed by atoms with Crippen molar-refractivity contribution < 1.29 is 22.7 Å². The standard InChI is InChI=1S/C28H34F3N3O2/c1-36-23-5-3-20(4-6-23)21-8-12-33(13-9-21)18-26(32)22-10-14-34(15-11-22)27(35)7-2-19-16-24(29)28(31)25(30)17-19/h2-7,16-17,21-22,26H,8-15,18,32H2,1H3. The van der Waals surface area contributed by atoms with Crippen LogP contribution in [0.2, 0.25) is 0 Å². The summed E-state index contributed by atoms with van der Waals surface area (Å²) in [6.07, 6.45) is 6.45. The van der Waals surface area contributed by atoms with Crippen LogP contribution in [0.4, 0.5) is 13.2 Å². The van der Waals surface area contributed by atoms with Gasteiger partial charge in [-0.3, -0.25) is 4.79 Å². The molecule has 2 fully saturated rings. The van der Waals surface area contributed by atoms with E-state index in [4.69, 9.17) is 10.5 Å². The van der Waals surface area contributed by atoms with Crippen molar-refractivity contribution in [2.75, 3.05) is 39.8 Å². The van der Waals surface area contributed by atoms with Gasteiger partial charge in [0.25, 0.3) is 0 Å². The summed E-state index contributed by atoms with van der Waals surface area (Å²) >= 11 is 0. The van der Waals surface area contributed by atoms with E-state index >= 15 is 0 Å². The topological polar surface area (TPSA) is 58.8 Å². The summed E-state index contributed by atoms with van der Waals surface area (Å²) in [5, 5.41) is 0. The van der Waals surface area contributed by atoms with E-state index in [-0.39, 0.29) is 17.5 Å². The zero-order valence-corrected chi connectivity index (χ0v) is 20.6. The maximum absolute atomic E-state index is 13.4. The number of benzene rings is 2. The van der Waals surface area contributed by atoms with Crippen molar-refractivity contribution in [1.82, 2.24) is 9.80 Å². The first-order valence-electron chi connectivity index (χ1n) is 12.6. The minimum atomic E-state index is -1.52. The molecule has 0 spiro atoms. The number of likely N-dealkylation sites (tertiary alicyclic amines) is 2. The Hall–Kier alpha value is -2.84. The number of rotatable bonds is 7. The van der Waals surface area contributed by atoms with Crippen LogP contribution in [0.1, 0.15) is 42.7 Å². The normalized spacial score (nSPS) is 19.1. The maximum Gasteiger partial charge on any atom is 0.246 e. The molecule has 0 saturated carbocycles. The van der Waals surface area contributed by atoms with E-state index in [0.29, 0.717) is 24.9 Å². The summed E-state index contributed by atoms with van der Waals surface area (Å²) in [6, 6.07) is 10.2. The fourth-order valence-corrected chi connectivity index (χ4v) is 5.26. The van der Waals surface area contributed by atoms with E-state index in [2.05, 4.69) is 17.0 Å². The van der Waals surface area contributed by atoms with Crippen LogP contribution in [0, 0.1) is 23.4 Å². The third-order valence-corrected chi connectivity index (χ3v) is 7.53. The molecule has 0 aromatic heterocycles. The molecule has 2 aromatic carbocycles. The van der Waals surface area contributed by atoms with Gasteiger partial charge in [0.1, 0.15) is 5.75 Å². The lowest BCUT2D eigenvalue weighted by Gasteiger charge is -2.38. The fraction of sp³-hybridized carbons (Fsp3) is 0.464. The highest BCUT2D eigenvalue weighted by molar-refractivity contribution is 5.91. The SMILES string of the molecule is COc1ccc(C2CCN(CC(N)C3CCN(C(=O)C=Cc4cc(F)c(F)c(F)c4)CC3)CC2)cc1. The van der Waals surface area contributed by atoms with Gasteiger partial charge in [0.2, 0.25) is 5.91 Å². The van der Waals surface area contributed by atoms with Gasteiger partial charge in [0.15, 0.2) is 17.5 Å². The molecule has 1 atom stereocenters. The van der Waals surface area contributed by atoms with Crippen LogP contribution >= 0.6 is 0 Å². The molecule has 1 amide bonds. The predicted molar refractivity (Wildman–Crippen MR) is 134 cm³/mol. The van der Waals surface area contributed by atoms with Crippen molar-refractivity contribution in [3.8, 4) is 5.75 Å². The number of ether oxygens (including phenoxy) is 1. The lowest BCUT2D eigenvalue weighted by molar-refractivity contribution is -0.127. The second-order valence-corrected chi connectivity index (χ2v) is 9.81. The first kappa shape index (κ1) is 26.2. The molecule has 2 heterocycles. The van der Waals surface area contributed by atoms with E-state index in [0.717, 1.165) is 63.2 Å². The molecular weight excluding hydrogens is 467 g/mol. The van der Waals surface area contributed by atoms with Crippen LogP contribution in [0.3, 0.4) is 0 Å². The van der Waals surface area contributed by atoms with Gasteiger partial charge in [0.05, 0.1) is 7.11 Å². The molecule has 4 rings (SSSR count). The molecule has 8 heteroatoms. The molecule has 2 aromatic rings. The number of halogens is 3. The Balaban J connectivity index is 1.20. The molecule has 2 saturated heterocycles. The summed E-state index contributed by atoms with van der Waals surface area (Å²) in [5.74, 6) is -2.51. The highest BCUT2D eigenvalue weighted by Gasteiger charge is 2.28. The molecule has 0 bridgehead atoms. The van der Waals surface area contributed by atoms with Gasteiger partial charge < -0.3 is 20.3 Å². The van der Waals surface area contributed by atoms with Gasteiger partial charge in [-0.1, -0.05) is 12.1 Å². The number of methoxy groups -OCH3 is 1. The Bertz CT molecular complexity index is 1040. The van der Waals surface area contributed by atoms with Gasteiger partial charge in [-0.25, -0.2) is 13.2 Å². The molecule has 194 valence electrons. The molecule has 5 nitrogen and oxygen atoms in total. The molecule has 2 aliphatic heterocycles. The van der Waals surface area contributed by atoms with Crippen LogP contribution in [0.5, 0.6) is 5.75 Å². The van der Waals surface area contributed by atoms with Crippen LogP contribution < -0.4 is 10.5 Å². The molecule has 0 aliphatic carbocycles. The number of carbonyl (C=O) groups is 1. The second-order valence-electron chi connectivity index (χ2n) is 9.81. The van der Waals surface area contributed by atoms with Gasteiger partial charge in [-0.15, -0.1) is 0 Å². The average molecular weight is 502 g/mol. The van der Waals surface area contributed by atoms with Crippen molar-refractivity contribution >= 4 is 12.0 Å². The van der Waals surface area contributed by atoms with Crippen LogP contribution in [-0.2, 0) is 4.79 Å². The Morgan fingerprint density at radius 1 is 1.03 bits per heavy atom. The van der Waals surface area contributed by atoms with E-state index in [1.165, 1.54) is 17.7 Å². The zero-order valence-electron chi connectivity index (χ0n) is 20.6. The summed E-state index contributed by atoms with van der Waals surface area (Å²) in [4.78, 5) is 16.7. The van der Waals surface area contributed by atoms with E-state index in [1.54, 1.807) is 12.0 Å². The molecule has 2 N–H and O–H groups in total. The van der Waals surface area contributed by atoms with Crippen molar-refractivity contribution in [2.24, 2.45) is 11.7 Å². The minimum absolute atomic E-state index is 0.0560. The number of nitrogens with zero attached hydrogens (tertiary/aromatic N) is 2. The first-order valence-corrected chi connectivity index (χ1v) is 12.6. The van der Waals surface area contributed by atoms with Gasteiger partial charge in [-0.2, -0.15) is 0 Å². The summed E-state index contributed by atoms with van der Waals surface area (Å²) < 4.78 is 45.1. The summed E-state index contributed by atoms with van der Waals surface area (Å²) in [5.41, 5.74) is 8.04. The maximum atomic E-state index is 13.4. The number of carbonyl (C=O) groups excluding carboxylic acids is 1. The number of piperidine rings is 2. The minimum Gasteiger partial charge on any atom is -0.497 e. The summed E-state index contributed by atoms with van der Waals surface area (Å²) in [7, 11) is 1.68. The van der Waals surface area contributed by atoms with Crippen molar-refractivity contribution in [1.29, 1.82) is 0 Å². The average Bonchev–Trinajstić information content (AvgIpc) is 2.91. The van der Waals surface area contributed by atoms with Gasteiger partial charge >= 0.3 is 0 Å². The van der Waals surface area contributed by atoms with Crippen molar-refractivity contribution in [3.05, 3.63) is 71.1 Å². The predicted octanol–water partition coefficient (Wildman–Crippen LogP) is 4.57. The van der Waals surface area contributed by atoms with Gasteiger partial charge in [0, 0.05) is 31.8 Å². The molecule has 2 aliphatic rings. The highest BCUT2D eigenvalue weighted by atomic mass is 19.2. The monoisotopic (exact) mass is 501 g/mol. The van der Waals surface area contributed by atoms with Crippen LogP contribution in [0.25, 0.3) is 6.08 Å². The number of hydrogen-bond donors (Lipinski definition) is 1. The highest BCUT2D eigenvalue weighted by Crippen LogP contribution is 2.30.